The third kappa shape index (κ3) is 20.0. The normalized spacial score (nSPS) is 32.1. The lowest BCUT2D eigenvalue weighted by Gasteiger charge is -2.47. The molecule has 3 heterocycles. The number of hydrogen-bond acceptors (Lipinski definition) is 13. The second-order valence-electron chi connectivity index (χ2n) is 30.2. The number of hydrogen-bond donors (Lipinski definition) is 3. The van der Waals surface area contributed by atoms with Gasteiger partial charge in [-0.25, -0.2) is 8.78 Å². The van der Waals surface area contributed by atoms with E-state index in [1.54, 1.807) is 32.9 Å². The van der Waals surface area contributed by atoms with Crippen molar-refractivity contribution in [2.75, 3.05) is 94.1 Å². The van der Waals surface area contributed by atoms with Crippen LogP contribution in [-0.2, 0) is 57.5 Å². The minimum Gasteiger partial charge on any atom is -0.347 e. The van der Waals surface area contributed by atoms with Gasteiger partial charge in [-0.15, -0.1) is 0 Å². The molecule has 2 bridgehead atoms. The summed E-state index contributed by atoms with van der Waals surface area (Å²) >= 11 is 1.28. The highest BCUT2D eigenvalue weighted by molar-refractivity contribution is 7.99. The summed E-state index contributed by atoms with van der Waals surface area (Å²) in [5, 5.41) is 8.35. The van der Waals surface area contributed by atoms with Gasteiger partial charge in [0.25, 0.3) is 0 Å². The predicted octanol–water partition coefficient (Wildman–Crippen LogP) is 5.65. The van der Waals surface area contributed by atoms with Crippen molar-refractivity contribution >= 4 is 82.6 Å². The summed E-state index contributed by atoms with van der Waals surface area (Å²) in [4.78, 5) is 189. The number of fused-ring (bicyclic) bond motifs is 3. The summed E-state index contributed by atoms with van der Waals surface area (Å²) in [6.07, 6.45) is -11.9. The van der Waals surface area contributed by atoms with E-state index in [0.717, 1.165) is 24.5 Å². The molecular formula is C71H108F8N12O12S. The van der Waals surface area contributed by atoms with Gasteiger partial charge < -0.3 is 60.0 Å². The lowest BCUT2D eigenvalue weighted by Crippen LogP contribution is -2.69. The number of carbonyl (C=O) groups excluding carboxylic acids is 12. The summed E-state index contributed by atoms with van der Waals surface area (Å²) in [7, 11) is 10.8. The number of carbonyl (C=O) groups is 12. The highest BCUT2D eigenvalue weighted by Crippen LogP contribution is 2.46. The fourth-order valence-electron chi connectivity index (χ4n) is 16.2. The molecule has 0 aromatic carbocycles. The van der Waals surface area contributed by atoms with E-state index in [0.29, 0.717) is 38.5 Å². The molecule has 3 aliphatic heterocycles. The van der Waals surface area contributed by atoms with Crippen molar-refractivity contribution in [2.24, 2.45) is 35.5 Å². The van der Waals surface area contributed by atoms with Crippen molar-refractivity contribution in [2.45, 2.75) is 234 Å². The van der Waals surface area contributed by atoms with Gasteiger partial charge in [0.15, 0.2) is 0 Å². The average Bonchev–Trinajstić information content (AvgIpc) is 0.943. The fourth-order valence-corrected chi connectivity index (χ4v) is 17.2. The summed E-state index contributed by atoms with van der Waals surface area (Å²) in [6.45, 7) is 3.31. The Morgan fingerprint density at radius 3 is 1.84 bits per heavy atom. The standard InChI is InChI=1S/C71H108F8N12O12S/c1-12-41(3)58-66(101)85(7)39-56(94)87(9)50-22-15-14-18-31-90(65(50)100)52(36-42-23-26-45(27-24-42)70(74,75)76)64(99)84(6)38-54(92)80-48(28-25-43-34-46(72)57(47(73)35-43)71(77,78)79)62(97)91-32-33-104-40-53(91)61(96)82-69(29-19-30-69)68(103)89(11)59(44-20-16-17-21-44)67(102)88(10)51(63(98)83(4)5)37-55(93)86(8)49(13-2)60(95)81-58/h14-15,41-53,57-59H,12-13,16-40H2,1-11H3,(H,80,92)(H,81,95)(H,82,96)/b15-14-/t41-,42?,43?,45?,46?,47?,48-,49-,50-,51-,52-,53-,57?,58-,59-/m0/s1. The monoisotopic (exact) mass is 1500 g/mol. The summed E-state index contributed by atoms with van der Waals surface area (Å²) in [5.41, 5.74) is -1.65. The van der Waals surface area contributed by atoms with Gasteiger partial charge in [-0.05, 0) is 133 Å². The average molecular weight is 1510 g/mol. The minimum absolute atomic E-state index is 0.00306. The van der Waals surface area contributed by atoms with E-state index in [9.17, 15) is 55.1 Å². The summed E-state index contributed by atoms with van der Waals surface area (Å²) < 4.78 is 115. The molecule has 4 aliphatic carbocycles. The Bertz CT molecular complexity index is 3120. The molecule has 2 unspecified atom stereocenters. The minimum atomic E-state index is -5.20. The molecule has 11 atom stereocenters. The van der Waals surface area contributed by atoms with E-state index in [1.807, 2.05) is 0 Å². The molecule has 12 amide bonds. The second-order valence-corrected chi connectivity index (χ2v) is 31.4. The van der Waals surface area contributed by atoms with E-state index in [-0.39, 0.29) is 95.2 Å². The lowest BCUT2D eigenvalue weighted by atomic mass is 9.74. The molecule has 1 spiro atoms. The van der Waals surface area contributed by atoms with Gasteiger partial charge in [0, 0.05) is 81.0 Å². The first kappa shape index (κ1) is 84.4. The first-order valence-corrected chi connectivity index (χ1v) is 37.9. The van der Waals surface area contributed by atoms with Crippen molar-refractivity contribution in [3.8, 4) is 0 Å². The number of nitrogens with zero attached hydrogens (tertiary/aromatic N) is 9. The molecular weight excluding hydrogens is 1400 g/mol. The van der Waals surface area contributed by atoms with Crippen LogP contribution in [0, 0.1) is 35.5 Å². The van der Waals surface area contributed by atoms with Crippen LogP contribution in [-0.4, -0.2) is 288 Å². The van der Waals surface area contributed by atoms with Crippen molar-refractivity contribution in [3.63, 3.8) is 0 Å². The maximum absolute atomic E-state index is 15.4. The van der Waals surface area contributed by atoms with Gasteiger partial charge in [0.1, 0.15) is 72.1 Å². The van der Waals surface area contributed by atoms with Crippen LogP contribution in [0.15, 0.2) is 12.2 Å². The molecule has 24 nitrogen and oxygen atoms in total. The van der Waals surface area contributed by atoms with Crippen LogP contribution < -0.4 is 16.0 Å². The smallest absolute Gasteiger partial charge is 0.347 e. The van der Waals surface area contributed by atoms with Crippen LogP contribution >= 0.6 is 11.8 Å². The number of rotatable bonds is 10. The molecule has 0 aromatic heterocycles. The van der Waals surface area contributed by atoms with Gasteiger partial charge in [-0.3, -0.25) is 57.5 Å². The molecule has 7 aliphatic rings. The van der Waals surface area contributed by atoms with Gasteiger partial charge in [0.2, 0.25) is 70.9 Å². The molecule has 586 valence electrons. The van der Waals surface area contributed by atoms with Crippen molar-refractivity contribution in [1.82, 2.24) is 60.0 Å². The Morgan fingerprint density at radius 2 is 1.27 bits per heavy atom. The Morgan fingerprint density at radius 1 is 0.644 bits per heavy atom. The molecule has 7 rings (SSSR count). The molecule has 2 saturated heterocycles. The van der Waals surface area contributed by atoms with E-state index in [4.69, 9.17) is 0 Å². The zero-order valence-corrected chi connectivity index (χ0v) is 62.7. The van der Waals surface area contributed by atoms with Crippen LogP contribution in [0.3, 0.4) is 0 Å². The first-order valence-electron chi connectivity index (χ1n) is 36.7. The van der Waals surface area contributed by atoms with E-state index in [1.165, 1.54) is 87.7 Å². The van der Waals surface area contributed by atoms with Crippen LogP contribution in [0.2, 0.25) is 0 Å². The molecule has 104 heavy (non-hydrogen) atoms. The molecule has 0 aromatic rings. The number of halogens is 8. The third-order valence-electron chi connectivity index (χ3n) is 23.1. The number of likely N-dealkylation sites (N-methyl/N-ethyl adjacent to an activating group) is 7. The van der Waals surface area contributed by atoms with Crippen LogP contribution in [0.25, 0.3) is 0 Å². The van der Waals surface area contributed by atoms with Crippen LogP contribution in [0.4, 0.5) is 35.1 Å². The lowest BCUT2D eigenvalue weighted by molar-refractivity contribution is -0.219. The SMILES string of the molecule is CC[C@H](C)[C@@H]1NC(=O)[C@H](CC)N(C)C(=O)C[C@@H](C(=O)N(C)C)N(C)C(=O)[C@H](C2CCCC2)N(C)C(=O)C2(CCC2)NC(=O)[C@@H]2CSCCN2C(=O)[C@H](CCC2CC(F)C(C(F)(F)F)C(F)C2)NC(=O)CN(C)C(=O)[C@H](CC2CCC(C(F)(F)F)CC2)N2CC/C=C\C[C@@H](C2=O)N(C)C(=O)CN(C)C1=O. The highest BCUT2D eigenvalue weighted by Gasteiger charge is 2.56. The van der Waals surface area contributed by atoms with Gasteiger partial charge >= 0.3 is 12.4 Å². The van der Waals surface area contributed by atoms with E-state index >= 15 is 37.5 Å². The third-order valence-corrected chi connectivity index (χ3v) is 24.1. The Hall–Kier alpha value is -6.83. The molecule has 0 radical (unpaired) electrons. The number of nitrogens with one attached hydrogen (secondary N) is 3. The van der Waals surface area contributed by atoms with Crippen molar-refractivity contribution in [1.29, 1.82) is 0 Å². The second kappa shape index (κ2) is 36.2. The van der Waals surface area contributed by atoms with Crippen LogP contribution in [0.5, 0.6) is 0 Å². The zero-order valence-electron chi connectivity index (χ0n) is 61.8. The summed E-state index contributed by atoms with van der Waals surface area (Å²) in [6, 6.07) is -11.1. The maximum Gasteiger partial charge on any atom is 0.397 e. The number of amides is 12. The molecule has 3 N–H and O–H groups in total. The number of thioether (sulfide) groups is 1. The number of alkyl halides is 8. The Balaban J connectivity index is 1.30. The molecule has 4 saturated carbocycles. The van der Waals surface area contributed by atoms with Crippen molar-refractivity contribution in [3.05, 3.63) is 12.2 Å². The first-order chi connectivity index (χ1) is 48.8. The summed E-state index contributed by atoms with van der Waals surface area (Å²) in [5.74, 6) is -16.3. The van der Waals surface area contributed by atoms with Crippen LogP contribution in [0.1, 0.15) is 156 Å². The molecule has 33 heteroatoms. The Kier molecular flexibility index (Phi) is 29.4. The quantitative estimate of drug-likeness (QED) is 0.176. The highest BCUT2D eigenvalue weighted by atomic mass is 32.2. The Labute approximate surface area is 608 Å². The van der Waals surface area contributed by atoms with E-state index in [2.05, 4.69) is 16.0 Å². The maximum atomic E-state index is 15.4. The van der Waals surface area contributed by atoms with Gasteiger partial charge in [-0.1, -0.05) is 52.2 Å². The van der Waals surface area contributed by atoms with E-state index < -0.39 is 224 Å². The topological polar surface area (TPSA) is 270 Å². The zero-order chi connectivity index (χ0) is 77.2. The largest absolute Gasteiger partial charge is 0.397 e. The van der Waals surface area contributed by atoms with Gasteiger partial charge in [-0.2, -0.15) is 38.1 Å². The predicted molar refractivity (Wildman–Crippen MR) is 369 cm³/mol. The fraction of sp³-hybridized carbons (Fsp3) is 0.803. The van der Waals surface area contributed by atoms with Gasteiger partial charge in [0.05, 0.1) is 25.4 Å². The molecule has 6 fully saturated rings. The van der Waals surface area contributed by atoms with Crippen molar-refractivity contribution < 1.29 is 92.7 Å².